The van der Waals surface area contributed by atoms with Crippen molar-refractivity contribution in [1.82, 2.24) is 4.90 Å². The van der Waals surface area contributed by atoms with Crippen LogP contribution < -0.4 is 0 Å². The predicted octanol–water partition coefficient (Wildman–Crippen LogP) is 0.967. The number of carboxylic acids is 1. The highest BCUT2D eigenvalue weighted by molar-refractivity contribution is 6.37. The molecule has 0 aromatic rings. The molecule has 0 bridgehead atoms. The van der Waals surface area contributed by atoms with Gasteiger partial charge in [-0.3, -0.25) is 0 Å². The van der Waals surface area contributed by atoms with E-state index in [1.54, 1.807) is 9.48 Å². The third kappa shape index (κ3) is 1.68. The zero-order chi connectivity index (χ0) is 10.9. The summed E-state index contributed by atoms with van der Waals surface area (Å²) >= 11 is 12.0. The summed E-state index contributed by atoms with van der Waals surface area (Å²) in [6, 6.07) is 0. The first-order valence-corrected chi connectivity index (χ1v) is 5.33. The predicted molar refractivity (Wildman–Crippen MR) is 55.1 cm³/mol. The molecule has 1 rings (SSSR count). The molecular weight excluding hydrogens is 227 g/mol. The molecule has 1 aliphatic heterocycles. The van der Waals surface area contributed by atoms with Crippen molar-refractivity contribution in [2.24, 2.45) is 0 Å². The molecule has 1 N–H and O–H groups in total. The Balaban J connectivity index is 3.11. The molecular formula is C8H13Cl2N2O2+. The smallest absolute Gasteiger partial charge is 0.418 e. The van der Waals surface area contributed by atoms with E-state index in [-0.39, 0.29) is 5.84 Å². The summed E-state index contributed by atoms with van der Waals surface area (Å²) < 4.78 is 1.59. The number of carboxylic acid groups (broad SMARTS) is 1. The first-order valence-electron chi connectivity index (χ1n) is 4.46. The third-order valence-electron chi connectivity index (χ3n) is 2.24. The van der Waals surface area contributed by atoms with Gasteiger partial charge >= 0.3 is 11.8 Å². The molecule has 0 spiro atoms. The lowest BCUT2D eigenvalue weighted by Crippen LogP contribution is -2.38. The fourth-order valence-corrected chi connectivity index (χ4v) is 2.32. The van der Waals surface area contributed by atoms with Crippen molar-refractivity contribution in [3.63, 3.8) is 0 Å². The highest BCUT2D eigenvalue weighted by atomic mass is 35.5. The maximum Gasteiger partial charge on any atom is 0.418 e. The topological polar surface area (TPSA) is 43.6 Å². The molecule has 0 amide bonds. The molecule has 80 valence electrons. The molecule has 0 radical (unpaired) electrons. The molecule has 0 saturated heterocycles. The molecule has 6 heteroatoms. The molecule has 1 heterocycles. The van der Waals surface area contributed by atoms with Crippen LogP contribution in [0.25, 0.3) is 0 Å². The maximum atomic E-state index is 11.0. The van der Waals surface area contributed by atoms with Crippen LogP contribution in [-0.4, -0.2) is 50.5 Å². The van der Waals surface area contributed by atoms with Gasteiger partial charge in [0, 0.05) is 0 Å². The number of rotatable bonds is 3. The fraction of sp³-hybridized carbons (Fsp3) is 0.750. The van der Waals surface area contributed by atoms with E-state index in [0.717, 1.165) is 0 Å². The van der Waals surface area contributed by atoms with Gasteiger partial charge < -0.3 is 5.11 Å². The van der Waals surface area contributed by atoms with Crippen LogP contribution in [0.1, 0.15) is 13.8 Å². The first-order chi connectivity index (χ1) is 6.54. The zero-order valence-electron chi connectivity index (χ0n) is 8.07. The van der Waals surface area contributed by atoms with E-state index in [9.17, 15) is 4.79 Å². The Hall–Kier alpha value is -0.480. The van der Waals surface area contributed by atoms with Crippen LogP contribution in [0.15, 0.2) is 0 Å². The first kappa shape index (κ1) is 11.6. The van der Waals surface area contributed by atoms with Crippen LogP contribution in [0.2, 0.25) is 0 Å². The van der Waals surface area contributed by atoms with Gasteiger partial charge in [-0.2, -0.15) is 0 Å². The normalized spacial score (nSPS) is 27.3. The third-order valence-corrected chi connectivity index (χ3v) is 3.32. The Bertz CT molecular complexity index is 281. The summed E-state index contributed by atoms with van der Waals surface area (Å²) in [5, 5.41) is 9.01. The van der Waals surface area contributed by atoms with Crippen molar-refractivity contribution in [2.75, 3.05) is 13.1 Å². The van der Waals surface area contributed by atoms with Gasteiger partial charge in [-0.1, -0.05) is 23.2 Å². The molecule has 14 heavy (non-hydrogen) atoms. The van der Waals surface area contributed by atoms with Gasteiger partial charge in [-0.25, -0.2) is 14.3 Å². The van der Waals surface area contributed by atoms with Gasteiger partial charge in [-0.15, -0.1) is 0 Å². The van der Waals surface area contributed by atoms with Gasteiger partial charge in [0.1, 0.15) is 0 Å². The number of alkyl halides is 2. The molecule has 4 nitrogen and oxygen atoms in total. The SMILES string of the molecule is CCN1C(C(=O)O)=[N+](CC)C(Cl)C1Cl. The standard InChI is InChI=1S/C8H12Cl2N2O2/c1-3-11-5(9)6(10)12(4-2)7(11)8(13)14/h5-6H,3-4H2,1-2H3/p+1. The van der Waals surface area contributed by atoms with Crippen molar-refractivity contribution in [3.05, 3.63) is 0 Å². The van der Waals surface area contributed by atoms with Crippen molar-refractivity contribution in [2.45, 2.75) is 24.8 Å². The number of nitrogens with zero attached hydrogens (tertiary/aromatic N) is 2. The average molecular weight is 240 g/mol. The quantitative estimate of drug-likeness (QED) is 0.454. The van der Waals surface area contributed by atoms with Crippen LogP contribution in [0.4, 0.5) is 0 Å². The molecule has 1 aliphatic rings. The lowest BCUT2D eigenvalue weighted by atomic mass is 10.5. The summed E-state index contributed by atoms with van der Waals surface area (Å²) in [6.45, 7) is 4.77. The Morgan fingerprint density at radius 3 is 2.50 bits per heavy atom. The number of carbonyl (C=O) groups is 1. The minimum atomic E-state index is -0.984. The number of aliphatic carboxylic acids is 1. The minimum absolute atomic E-state index is 0.190. The summed E-state index contributed by atoms with van der Waals surface area (Å²) in [5.41, 5.74) is -0.958. The summed E-state index contributed by atoms with van der Waals surface area (Å²) in [6.07, 6.45) is 0. The molecule has 0 aromatic carbocycles. The van der Waals surface area contributed by atoms with Crippen LogP contribution in [0.5, 0.6) is 0 Å². The van der Waals surface area contributed by atoms with E-state index in [1.165, 1.54) is 0 Å². The highest BCUT2D eigenvalue weighted by Gasteiger charge is 2.48. The molecule has 2 unspecified atom stereocenters. The van der Waals surface area contributed by atoms with E-state index < -0.39 is 17.0 Å². The molecule has 0 saturated carbocycles. The second-order valence-corrected chi connectivity index (χ2v) is 3.84. The van der Waals surface area contributed by atoms with Crippen LogP contribution >= 0.6 is 23.2 Å². The average Bonchev–Trinajstić information content (AvgIpc) is 2.39. The summed E-state index contributed by atoms with van der Waals surface area (Å²) in [5.74, 6) is -0.794. The molecule has 2 atom stereocenters. The second kappa shape index (κ2) is 4.36. The number of hydrogen-bond acceptors (Lipinski definition) is 2. The number of hydrogen-bond donors (Lipinski definition) is 1. The van der Waals surface area contributed by atoms with Crippen molar-refractivity contribution in [3.8, 4) is 0 Å². The Labute approximate surface area is 92.7 Å². The van der Waals surface area contributed by atoms with E-state index in [4.69, 9.17) is 28.3 Å². The number of halogens is 2. The molecule has 0 aromatic heterocycles. The van der Waals surface area contributed by atoms with Gasteiger partial charge in [0.15, 0.2) is 0 Å². The van der Waals surface area contributed by atoms with Gasteiger partial charge in [0.05, 0.1) is 13.1 Å². The Morgan fingerprint density at radius 1 is 1.57 bits per heavy atom. The van der Waals surface area contributed by atoms with Gasteiger partial charge in [-0.05, 0) is 13.8 Å². The van der Waals surface area contributed by atoms with Gasteiger partial charge in [0.2, 0.25) is 11.0 Å². The van der Waals surface area contributed by atoms with Gasteiger partial charge in [0.25, 0.3) is 0 Å². The number of likely N-dealkylation sites (N-methyl/N-ethyl adjacent to an activating group) is 2. The fourth-order valence-electron chi connectivity index (χ4n) is 1.59. The number of amidine groups is 1. The maximum absolute atomic E-state index is 11.0. The van der Waals surface area contributed by atoms with E-state index in [0.29, 0.717) is 13.1 Å². The largest absolute Gasteiger partial charge is 0.472 e. The van der Waals surface area contributed by atoms with Crippen LogP contribution in [0.3, 0.4) is 0 Å². The highest BCUT2D eigenvalue weighted by Crippen LogP contribution is 2.23. The van der Waals surface area contributed by atoms with Crippen molar-refractivity contribution >= 4 is 35.0 Å². The van der Waals surface area contributed by atoms with E-state index in [2.05, 4.69) is 0 Å². The lowest BCUT2D eigenvalue weighted by Gasteiger charge is -2.11. The van der Waals surface area contributed by atoms with Crippen molar-refractivity contribution < 1.29 is 14.5 Å². The Kier molecular flexibility index (Phi) is 3.61. The Morgan fingerprint density at radius 2 is 2.14 bits per heavy atom. The van der Waals surface area contributed by atoms with Crippen LogP contribution in [0, 0.1) is 0 Å². The molecule has 0 fully saturated rings. The summed E-state index contributed by atoms with van der Waals surface area (Å²) in [7, 11) is 0. The molecule has 0 aliphatic carbocycles. The lowest BCUT2D eigenvalue weighted by molar-refractivity contribution is -0.531. The van der Waals surface area contributed by atoms with Crippen molar-refractivity contribution in [1.29, 1.82) is 0 Å². The van der Waals surface area contributed by atoms with Crippen LogP contribution in [-0.2, 0) is 4.79 Å². The summed E-state index contributed by atoms with van der Waals surface area (Å²) in [4.78, 5) is 12.6. The van der Waals surface area contributed by atoms with E-state index in [1.807, 2.05) is 13.8 Å². The van der Waals surface area contributed by atoms with E-state index >= 15 is 0 Å². The second-order valence-electron chi connectivity index (χ2n) is 2.95. The minimum Gasteiger partial charge on any atom is -0.472 e. The zero-order valence-corrected chi connectivity index (χ0v) is 9.59. The monoisotopic (exact) mass is 239 g/mol.